The number of nitrogens with zero attached hydrogens (tertiary/aromatic N) is 2. The second-order valence-electron chi connectivity index (χ2n) is 5.02. The molecule has 1 aromatic carbocycles. The number of carbonyl (C=O) groups is 1. The lowest BCUT2D eigenvalue weighted by molar-refractivity contribution is -0.140. The number of esters is 1. The maximum atomic E-state index is 12.7. The molecule has 0 bridgehead atoms. The van der Waals surface area contributed by atoms with Crippen molar-refractivity contribution in [2.24, 2.45) is 0 Å². The quantitative estimate of drug-likeness (QED) is 0.492. The number of rotatable bonds is 6. The molecule has 0 saturated heterocycles. The number of hydrogen-bond donors (Lipinski definition) is 0. The van der Waals surface area contributed by atoms with Gasteiger partial charge >= 0.3 is 12.1 Å². The van der Waals surface area contributed by atoms with Crippen LogP contribution in [0.1, 0.15) is 5.56 Å². The summed E-state index contributed by atoms with van der Waals surface area (Å²) in [5, 5.41) is 1.07. The Labute approximate surface area is 162 Å². The molecule has 0 amide bonds. The molecule has 0 spiro atoms. The predicted molar refractivity (Wildman–Crippen MR) is 92.1 cm³/mol. The zero-order valence-corrected chi connectivity index (χ0v) is 15.5. The maximum absolute atomic E-state index is 12.7. The summed E-state index contributed by atoms with van der Waals surface area (Å²) >= 11 is 11.9. The van der Waals surface area contributed by atoms with Crippen LogP contribution in [-0.4, -0.2) is 31.7 Å². The van der Waals surface area contributed by atoms with Gasteiger partial charge in [-0.2, -0.15) is 13.2 Å². The summed E-state index contributed by atoms with van der Waals surface area (Å²) in [6, 6.07) is 5.02. The Bertz CT molecular complexity index is 834. The predicted octanol–water partition coefficient (Wildman–Crippen LogP) is 4.74. The van der Waals surface area contributed by atoms with E-state index in [9.17, 15) is 18.0 Å². The van der Waals surface area contributed by atoms with E-state index in [0.29, 0.717) is 12.3 Å². The minimum Gasteiger partial charge on any atom is -0.468 e. The van der Waals surface area contributed by atoms with E-state index in [4.69, 9.17) is 32.8 Å². The van der Waals surface area contributed by atoms with Gasteiger partial charge in [-0.25, -0.2) is 10.0 Å². The molecule has 2 aromatic rings. The second-order valence-corrected chi connectivity index (χ2v) is 5.83. The third-order valence-electron chi connectivity index (χ3n) is 3.26. The lowest BCUT2D eigenvalue weighted by atomic mass is 10.2. The Morgan fingerprint density at radius 1 is 1.19 bits per heavy atom. The highest BCUT2D eigenvalue weighted by molar-refractivity contribution is 6.33. The first kappa shape index (κ1) is 21.1. The van der Waals surface area contributed by atoms with Gasteiger partial charge in [-0.15, -0.1) is 0 Å². The summed E-state index contributed by atoms with van der Waals surface area (Å²) in [5.41, 5.74) is -0.731. The molecule has 0 radical (unpaired) electrons. The van der Waals surface area contributed by atoms with Crippen LogP contribution in [0.4, 0.5) is 18.9 Å². The number of alkyl halides is 3. The average Bonchev–Trinajstić information content (AvgIpc) is 2.62. The number of carbonyl (C=O) groups excluding carboxylic acids is 1. The standard InChI is InChI=1S/C16H13Cl2F3N2O4/c1-25-14(24)8-23(26-2)13-6-10(3-4-11(13)17)27-15-12(18)5-9(7-22-15)16(19,20)21/h3-7H,8H2,1-2H3. The van der Waals surface area contributed by atoms with Crippen LogP contribution in [0.3, 0.4) is 0 Å². The van der Waals surface area contributed by atoms with Crippen molar-refractivity contribution in [2.75, 3.05) is 25.8 Å². The van der Waals surface area contributed by atoms with Crippen molar-refractivity contribution in [2.45, 2.75) is 6.18 Å². The fourth-order valence-electron chi connectivity index (χ4n) is 1.94. The molecular weight excluding hydrogens is 412 g/mol. The van der Waals surface area contributed by atoms with Crippen LogP contribution in [0.2, 0.25) is 10.0 Å². The zero-order chi connectivity index (χ0) is 20.2. The number of hydroxylamine groups is 1. The Hall–Kier alpha value is -2.23. The first-order chi connectivity index (χ1) is 12.7. The van der Waals surface area contributed by atoms with Crippen LogP contribution in [0.25, 0.3) is 0 Å². The van der Waals surface area contributed by atoms with Crippen molar-refractivity contribution in [3.8, 4) is 11.6 Å². The SMILES string of the molecule is COC(=O)CN(OC)c1cc(Oc2ncc(C(F)(F)F)cc2Cl)ccc1Cl. The molecule has 146 valence electrons. The fraction of sp³-hybridized carbons (Fsp3) is 0.250. The van der Waals surface area contributed by atoms with Gasteiger partial charge in [0.15, 0.2) is 0 Å². The summed E-state index contributed by atoms with van der Waals surface area (Å²) in [6.07, 6.45) is -3.97. The minimum absolute atomic E-state index is 0.162. The third kappa shape index (κ3) is 5.38. The normalized spacial score (nSPS) is 11.2. The van der Waals surface area contributed by atoms with Crippen LogP contribution in [0.5, 0.6) is 11.6 Å². The van der Waals surface area contributed by atoms with E-state index in [1.807, 2.05) is 0 Å². The van der Waals surface area contributed by atoms with Gasteiger partial charge in [-0.1, -0.05) is 23.2 Å². The second kappa shape index (κ2) is 8.64. The molecule has 0 unspecified atom stereocenters. The van der Waals surface area contributed by atoms with Crippen molar-refractivity contribution < 1.29 is 32.3 Å². The van der Waals surface area contributed by atoms with Gasteiger partial charge in [0, 0.05) is 12.3 Å². The highest BCUT2D eigenvalue weighted by atomic mass is 35.5. The molecule has 11 heteroatoms. The summed E-state index contributed by atoms with van der Waals surface area (Å²) in [5.74, 6) is -0.642. The topological polar surface area (TPSA) is 60.9 Å². The number of ether oxygens (including phenoxy) is 2. The number of benzene rings is 1. The van der Waals surface area contributed by atoms with Crippen LogP contribution < -0.4 is 9.80 Å². The van der Waals surface area contributed by atoms with E-state index in [1.165, 1.54) is 32.4 Å². The van der Waals surface area contributed by atoms with Crippen LogP contribution >= 0.6 is 23.2 Å². The highest BCUT2D eigenvalue weighted by Gasteiger charge is 2.31. The summed E-state index contributed by atoms with van der Waals surface area (Å²) < 4.78 is 48.0. The first-order valence-corrected chi connectivity index (χ1v) is 8.00. The third-order valence-corrected chi connectivity index (χ3v) is 3.85. The molecule has 0 fully saturated rings. The van der Waals surface area contributed by atoms with Crippen molar-refractivity contribution >= 4 is 34.9 Å². The highest BCUT2D eigenvalue weighted by Crippen LogP contribution is 2.36. The lowest BCUT2D eigenvalue weighted by Crippen LogP contribution is -2.29. The Kier molecular flexibility index (Phi) is 6.74. The van der Waals surface area contributed by atoms with E-state index >= 15 is 0 Å². The Balaban J connectivity index is 2.29. The molecule has 6 nitrogen and oxygen atoms in total. The zero-order valence-electron chi connectivity index (χ0n) is 14.0. The maximum Gasteiger partial charge on any atom is 0.417 e. The number of halogens is 5. The smallest absolute Gasteiger partial charge is 0.417 e. The molecule has 0 N–H and O–H groups in total. The molecule has 0 aliphatic rings. The fourth-order valence-corrected chi connectivity index (χ4v) is 2.36. The summed E-state index contributed by atoms with van der Waals surface area (Å²) in [7, 11) is 2.54. The van der Waals surface area contributed by atoms with E-state index in [0.717, 1.165) is 5.06 Å². The van der Waals surface area contributed by atoms with Gasteiger partial charge in [0.05, 0.1) is 30.5 Å². The van der Waals surface area contributed by atoms with E-state index in [-0.39, 0.29) is 33.9 Å². The molecule has 1 heterocycles. The van der Waals surface area contributed by atoms with Crippen LogP contribution in [0, 0.1) is 0 Å². The summed E-state index contributed by atoms with van der Waals surface area (Å²) in [6.45, 7) is -0.255. The average molecular weight is 425 g/mol. The van der Waals surface area contributed by atoms with Gasteiger partial charge in [0.25, 0.3) is 0 Å². The Morgan fingerprint density at radius 2 is 1.89 bits per heavy atom. The Morgan fingerprint density at radius 3 is 2.44 bits per heavy atom. The van der Waals surface area contributed by atoms with Gasteiger partial charge in [-0.05, 0) is 18.2 Å². The first-order valence-electron chi connectivity index (χ1n) is 7.24. The molecule has 0 aliphatic heterocycles. The van der Waals surface area contributed by atoms with Crippen LogP contribution in [-0.2, 0) is 20.5 Å². The number of anilines is 1. The van der Waals surface area contributed by atoms with Gasteiger partial charge in [0.2, 0.25) is 5.88 Å². The molecule has 1 aromatic heterocycles. The molecule has 0 saturated carbocycles. The van der Waals surface area contributed by atoms with Crippen LogP contribution in [0.15, 0.2) is 30.5 Å². The molecule has 0 atom stereocenters. The monoisotopic (exact) mass is 424 g/mol. The number of aromatic nitrogens is 1. The number of hydrogen-bond acceptors (Lipinski definition) is 6. The lowest BCUT2D eigenvalue weighted by Gasteiger charge is -2.22. The molecule has 2 rings (SSSR count). The van der Waals surface area contributed by atoms with Gasteiger partial charge in [0.1, 0.15) is 17.3 Å². The van der Waals surface area contributed by atoms with Gasteiger partial charge < -0.3 is 9.47 Å². The molecule has 0 aliphatic carbocycles. The summed E-state index contributed by atoms with van der Waals surface area (Å²) in [4.78, 5) is 20.2. The number of methoxy groups -OCH3 is 1. The van der Waals surface area contributed by atoms with E-state index < -0.39 is 17.7 Å². The molecular formula is C16H13Cl2F3N2O4. The van der Waals surface area contributed by atoms with Crippen molar-refractivity contribution in [3.63, 3.8) is 0 Å². The largest absolute Gasteiger partial charge is 0.468 e. The van der Waals surface area contributed by atoms with Crippen molar-refractivity contribution in [1.82, 2.24) is 4.98 Å². The molecule has 27 heavy (non-hydrogen) atoms. The minimum atomic E-state index is -4.57. The number of pyridine rings is 1. The van der Waals surface area contributed by atoms with E-state index in [2.05, 4.69) is 9.72 Å². The van der Waals surface area contributed by atoms with E-state index in [1.54, 1.807) is 0 Å². The van der Waals surface area contributed by atoms with Gasteiger partial charge in [-0.3, -0.25) is 9.63 Å². The van der Waals surface area contributed by atoms with Crippen molar-refractivity contribution in [3.05, 3.63) is 46.1 Å². The van der Waals surface area contributed by atoms with Crippen molar-refractivity contribution in [1.29, 1.82) is 0 Å².